The average molecular weight is 283 g/mol. The highest BCUT2D eigenvalue weighted by Gasteiger charge is 2.44. The zero-order chi connectivity index (χ0) is 13.8. The van der Waals surface area contributed by atoms with Crippen molar-refractivity contribution in [1.82, 2.24) is 5.32 Å². The van der Waals surface area contributed by atoms with Gasteiger partial charge in [-0.2, -0.15) is 0 Å². The predicted molar refractivity (Wildman–Crippen MR) is 71.0 cm³/mol. The number of hydrogen-bond acceptors (Lipinski definition) is 4. The molecule has 1 fully saturated rings. The highest BCUT2D eigenvalue weighted by Crippen LogP contribution is 2.35. The van der Waals surface area contributed by atoms with Crippen molar-refractivity contribution in [1.29, 1.82) is 0 Å². The quantitative estimate of drug-likeness (QED) is 0.800. The number of carbonyl (C=O) groups is 2. The van der Waals surface area contributed by atoms with Gasteiger partial charge in [-0.3, -0.25) is 9.59 Å². The third-order valence-corrected chi connectivity index (χ3v) is 4.02. The molecule has 1 aliphatic carbocycles. The van der Waals surface area contributed by atoms with Gasteiger partial charge in [0.1, 0.15) is 0 Å². The van der Waals surface area contributed by atoms with Crippen LogP contribution in [-0.2, 0) is 14.3 Å². The molecule has 6 heteroatoms. The van der Waals surface area contributed by atoms with E-state index in [0.717, 1.165) is 11.3 Å². The van der Waals surface area contributed by atoms with Gasteiger partial charge in [0, 0.05) is 11.5 Å². The lowest BCUT2D eigenvalue weighted by Crippen LogP contribution is -2.31. The zero-order valence-electron chi connectivity index (χ0n) is 10.7. The van der Waals surface area contributed by atoms with Gasteiger partial charge < -0.3 is 15.2 Å². The van der Waals surface area contributed by atoms with Gasteiger partial charge in [0.15, 0.2) is 0 Å². The van der Waals surface area contributed by atoms with E-state index in [1.807, 2.05) is 24.4 Å². The van der Waals surface area contributed by atoms with E-state index in [4.69, 9.17) is 9.84 Å². The number of ether oxygens (including phenoxy) is 1. The standard InChI is InChI=1S/C13H17NO4S/c1-2-18-10-6-8(10)13(17)14-9(7-12(15)16)11-4-3-5-19-11/h3-5,8-10H,2,6-7H2,1H3,(H,14,17)(H,15,16). The average Bonchev–Trinajstić information content (AvgIpc) is 2.90. The molecule has 0 aromatic carbocycles. The van der Waals surface area contributed by atoms with E-state index in [1.54, 1.807) is 0 Å². The van der Waals surface area contributed by atoms with Gasteiger partial charge in [0.25, 0.3) is 0 Å². The topological polar surface area (TPSA) is 75.6 Å². The van der Waals surface area contributed by atoms with Gasteiger partial charge in [0.05, 0.1) is 24.5 Å². The SMILES string of the molecule is CCOC1CC1C(=O)NC(CC(=O)O)c1cccs1. The molecule has 1 saturated carbocycles. The molecule has 3 atom stereocenters. The van der Waals surface area contributed by atoms with Crippen molar-refractivity contribution in [3.63, 3.8) is 0 Å². The maximum Gasteiger partial charge on any atom is 0.305 e. The molecular formula is C13H17NO4S. The van der Waals surface area contributed by atoms with Crippen LogP contribution in [0.2, 0.25) is 0 Å². The Labute approximate surface area is 115 Å². The van der Waals surface area contributed by atoms with Crippen LogP contribution in [0.15, 0.2) is 17.5 Å². The van der Waals surface area contributed by atoms with Crippen molar-refractivity contribution in [3.05, 3.63) is 22.4 Å². The zero-order valence-corrected chi connectivity index (χ0v) is 11.5. The number of hydrogen-bond donors (Lipinski definition) is 2. The first-order chi connectivity index (χ1) is 9.11. The molecule has 1 aromatic rings. The fourth-order valence-corrected chi connectivity index (χ4v) is 2.79. The first-order valence-corrected chi connectivity index (χ1v) is 7.17. The van der Waals surface area contributed by atoms with Crippen LogP contribution in [0.5, 0.6) is 0 Å². The molecule has 0 aliphatic heterocycles. The Balaban J connectivity index is 1.93. The third kappa shape index (κ3) is 3.78. The van der Waals surface area contributed by atoms with Crippen LogP contribution in [0.3, 0.4) is 0 Å². The summed E-state index contributed by atoms with van der Waals surface area (Å²) in [7, 11) is 0. The summed E-state index contributed by atoms with van der Waals surface area (Å²) in [6.45, 7) is 2.49. The molecule has 0 bridgehead atoms. The number of carboxylic acid groups (broad SMARTS) is 1. The smallest absolute Gasteiger partial charge is 0.305 e. The Kier molecular flexibility index (Phi) is 4.55. The van der Waals surface area contributed by atoms with Gasteiger partial charge in [-0.1, -0.05) is 6.07 Å². The second-order valence-corrected chi connectivity index (χ2v) is 5.49. The Hall–Kier alpha value is -1.40. The summed E-state index contributed by atoms with van der Waals surface area (Å²) in [6.07, 6.45) is 0.626. The summed E-state index contributed by atoms with van der Waals surface area (Å²) in [4.78, 5) is 23.7. The van der Waals surface area contributed by atoms with Crippen LogP contribution in [0.25, 0.3) is 0 Å². The minimum atomic E-state index is -0.921. The van der Waals surface area contributed by atoms with E-state index in [9.17, 15) is 9.59 Å². The van der Waals surface area contributed by atoms with Crippen LogP contribution in [0.4, 0.5) is 0 Å². The van der Waals surface area contributed by atoms with Crippen molar-refractivity contribution in [3.8, 4) is 0 Å². The fourth-order valence-electron chi connectivity index (χ4n) is 2.01. The molecule has 1 aliphatic rings. The Bertz CT molecular complexity index is 446. The maximum absolute atomic E-state index is 12.0. The summed E-state index contributed by atoms with van der Waals surface area (Å²) in [6, 6.07) is 3.24. The van der Waals surface area contributed by atoms with Crippen molar-refractivity contribution in [2.75, 3.05) is 6.61 Å². The van der Waals surface area contributed by atoms with Crippen molar-refractivity contribution < 1.29 is 19.4 Å². The second kappa shape index (κ2) is 6.16. The fraction of sp³-hybridized carbons (Fsp3) is 0.538. The molecule has 1 aromatic heterocycles. The lowest BCUT2D eigenvalue weighted by molar-refractivity contribution is -0.137. The van der Waals surface area contributed by atoms with Crippen molar-refractivity contribution in [2.24, 2.45) is 5.92 Å². The minimum absolute atomic E-state index is 0.00110. The van der Waals surface area contributed by atoms with Crippen LogP contribution in [-0.4, -0.2) is 29.7 Å². The number of carbonyl (C=O) groups excluding carboxylic acids is 1. The number of carboxylic acids is 1. The number of aliphatic carboxylic acids is 1. The normalized spacial score (nSPS) is 22.8. The molecule has 0 spiro atoms. The molecule has 104 valence electrons. The lowest BCUT2D eigenvalue weighted by Gasteiger charge is -2.15. The van der Waals surface area contributed by atoms with E-state index >= 15 is 0 Å². The molecule has 0 radical (unpaired) electrons. The highest BCUT2D eigenvalue weighted by atomic mass is 32.1. The number of nitrogens with one attached hydrogen (secondary N) is 1. The van der Waals surface area contributed by atoms with Crippen molar-refractivity contribution >= 4 is 23.2 Å². The summed E-state index contributed by atoms with van der Waals surface area (Å²) >= 11 is 1.45. The van der Waals surface area contributed by atoms with E-state index in [1.165, 1.54) is 11.3 Å². The van der Waals surface area contributed by atoms with Gasteiger partial charge in [0.2, 0.25) is 5.91 Å². The summed E-state index contributed by atoms with van der Waals surface area (Å²) < 4.78 is 5.37. The Morgan fingerprint density at radius 1 is 1.63 bits per heavy atom. The Morgan fingerprint density at radius 2 is 2.42 bits per heavy atom. The molecule has 1 heterocycles. The molecule has 5 nitrogen and oxygen atoms in total. The van der Waals surface area contributed by atoms with Crippen LogP contribution in [0.1, 0.15) is 30.7 Å². The minimum Gasteiger partial charge on any atom is -0.481 e. The van der Waals surface area contributed by atoms with E-state index in [-0.39, 0.29) is 24.3 Å². The van der Waals surface area contributed by atoms with Gasteiger partial charge in [-0.15, -0.1) is 11.3 Å². The molecule has 1 amide bonds. The number of thiophene rings is 1. The van der Waals surface area contributed by atoms with E-state index in [0.29, 0.717) is 6.61 Å². The van der Waals surface area contributed by atoms with Crippen LogP contribution < -0.4 is 5.32 Å². The largest absolute Gasteiger partial charge is 0.481 e. The van der Waals surface area contributed by atoms with Gasteiger partial charge >= 0.3 is 5.97 Å². The molecule has 19 heavy (non-hydrogen) atoms. The Morgan fingerprint density at radius 3 is 3.00 bits per heavy atom. The summed E-state index contributed by atoms with van der Waals surface area (Å²) in [5.74, 6) is -1.16. The number of rotatable bonds is 7. The molecule has 2 N–H and O–H groups in total. The maximum atomic E-state index is 12.0. The van der Waals surface area contributed by atoms with E-state index in [2.05, 4.69) is 5.32 Å². The lowest BCUT2D eigenvalue weighted by atomic mass is 10.1. The monoisotopic (exact) mass is 283 g/mol. The van der Waals surface area contributed by atoms with Crippen LogP contribution in [0, 0.1) is 5.92 Å². The third-order valence-electron chi connectivity index (χ3n) is 3.03. The predicted octanol–water partition coefficient (Wildman–Crippen LogP) is 1.81. The molecule has 3 unspecified atom stereocenters. The van der Waals surface area contributed by atoms with Crippen molar-refractivity contribution in [2.45, 2.75) is 31.9 Å². The second-order valence-electron chi connectivity index (χ2n) is 4.51. The van der Waals surface area contributed by atoms with Gasteiger partial charge in [-0.25, -0.2) is 0 Å². The van der Waals surface area contributed by atoms with Crippen LogP contribution >= 0.6 is 11.3 Å². The number of amides is 1. The molecule has 0 saturated heterocycles. The highest BCUT2D eigenvalue weighted by molar-refractivity contribution is 7.10. The summed E-state index contributed by atoms with van der Waals surface area (Å²) in [5, 5.41) is 13.6. The molecule has 2 rings (SSSR count). The van der Waals surface area contributed by atoms with E-state index < -0.39 is 12.0 Å². The first-order valence-electron chi connectivity index (χ1n) is 6.29. The van der Waals surface area contributed by atoms with Gasteiger partial charge in [-0.05, 0) is 24.8 Å². The first kappa shape index (κ1) is 14.0. The molecular weight excluding hydrogens is 266 g/mol. The summed E-state index contributed by atoms with van der Waals surface area (Å²) in [5.41, 5.74) is 0.